The highest BCUT2D eigenvalue weighted by Crippen LogP contribution is 2.34. The molecule has 1 aliphatic heterocycles. The summed E-state index contributed by atoms with van der Waals surface area (Å²) in [6.07, 6.45) is 2.94. The third-order valence-corrected chi connectivity index (χ3v) is 12.2. The topological polar surface area (TPSA) is 197 Å². The molecule has 58 heavy (non-hydrogen) atoms. The summed E-state index contributed by atoms with van der Waals surface area (Å²) in [6.45, 7) is 5.30. The molecule has 15 heteroatoms. The Bertz CT molecular complexity index is 2200. The maximum absolute atomic E-state index is 14.2. The number of carboxylic acid groups (broad SMARTS) is 3. The quantitative estimate of drug-likeness (QED) is 0.0945. The molecule has 4 aromatic carbocycles. The van der Waals surface area contributed by atoms with Crippen molar-refractivity contribution in [2.24, 2.45) is 0 Å². The van der Waals surface area contributed by atoms with E-state index in [4.69, 9.17) is 43.6 Å². The van der Waals surface area contributed by atoms with Gasteiger partial charge in [0.1, 0.15) is 0 Å². The van der Waals surface area contributed by atoms with Crippen LogP contribution in [0.2, 0.25) is 10.0 Å². The SMILES string of the molecule is CCc1c(C#N)cc2ccccc2c1C(=O)N(C)CC(CCN1CCC(c2ccccc2[S@](C)=O)CC1)c1ccc(Cl)c(Cl)c1.O=C(O)CC(O)(CC(=O)O)C(=O)O. The van der Waals surface area contributed by atoms with Crippen molar-refractivity contribution in [2.45, 2.75) is 67.8 Å². The first-order valence-electron chi connectivity index (χ1n) is 18.7. The van der Waals surface area contributed by atoms with Crippen LogP contribution in [0.4, 0.5) is 0 Å². The Balaban J connectivity index is 0.000000492. The number of carboxylic acids is 3. The highest BCUT2D eigenvalue weighted by molar-refractivity contribution is 7.84. The van der Waals surface area contributed by atoms with Crippen LogP contribution in [0.5, 0.6) is 0 Å². The molecule has 1 saturated heterocycles. The second-order valence-corrected chi connectivity index (χ2v) is 16.6. The average molecular weight is 853 g/mol. The second-order valence-electron chi connectivity index (χ2n) is 14.4. The number of benzene rings is 4. The molecule has 1 heterocycles. The molecule has 0 spiro atoms. The van der Waals surface area contributed by atoms with Crippen LogP contribution in [0.15, 0.2) is 77.7 Å². The molecule has 0 bridgehead atoms. The monoisotopic (exact) mass is 851 g/mol. The first kappa shape index (κ1) is 45.9. The largest absolute Gasteiger partial charge is 0.481 e. The maximum atomic E-state index is 14.2. The highest BCUT2D eigenvalue weighted by Gasteiger charge is 2.40. The number of halogens is 2. The summed E-state index contributed by atoms with van der Waals surface area (Å²) < 4.78 is 12.3. The molecule has 0 saturated carbocycles. The number of piperidine rings is 1. The van der Waals surface area contributed by atoms with Gasteiger partial charge in [-0.1, -0.05) is 78.7 Å². The lowest BCUT2D eigenvalue weighted by Crippen LogP contribution is -2.42. The molecule has 308 valence electrons. The normalized spacial score (nSPS) is 14.4. The number of hydrogen-bond donors (Lipinski definition) is 4. The van der Waals surface area contributed by atoms with Crippen LogP contribution in [0.3, 0.4) is 0 Å². The number of fused-ring (bicyclic) bond motifs is 1. The van der Waals surface area contributed by atoms with Gasteiger partial charge in [-0.05, 0) is 103 Å². The van der Waals surface area contributed by atoms with Crippen molar-refractivity contribution in [1.82, 2.24) is 9.80 Å². The van der Waals surface area contributed by atoms with E-state index < -0.39 is 47.2 Å². The van der Waals surface area contributed by atoms with Crippen molar-refractivity contribution >= 4 is 68.6 Å². The number of nitrogens with zero attached hydrogens (tertiary/aromatic N) is 3. The molecule has 1 unspecified atom stereocenters. The van der Waals surface area contributed by atoms with E-state index in [1.807, 2.05) is 80.7 Å². The number of likely N-dealkylation sites (N-methyl/N-ethyl adjacent to an activating group) is 1. The Hall–Kier alpha value is -4.84. The Morgan fingerprint density at radius 2 is 1.57 bits per heavy atom. The summed E-state index contributed by atoms with van der Waals surface area (Å²) >= 11 is 12.8. The van der Waals surface area contributed by atoms with Gasteiger partial charge in [0.25, 0.3) is 5.91 Å². The van der Waals surface area contributed by atoms with E-state index >= 15 is 0 Å². The first-order chi connectivity index (χ1) is 27.5. The third-order valence-electron chi connectivity index (χ3n) is 10.4. The van der Waals surface area contributed by atoms with Crippen molar-refractivity contribution in [1.29, 1.82) is 5.26 Å². The van der Waals surface area contributed by atoms with Gasteiger partial charge in [0.2, 0.25) is 0 Å². The van der Waals surface area contributed by atoms with E-state index in [9.17, 15) is 28.6 Å². The highest BCUT2D eigenvalue weighted by atomic mass is 35.5. The number of nitriles is 1. The van der Waals surface area contributed by atoms with E-state index in [1.165, 1.54) is 5.56 Å². The molecule has 0 aliphatic carbocycles. The lowest BCUT2D eigenvalue weighted by atomic mass is 9.88. The van der Waals surface area contributed by atoms with Crippen molar-refractivity contribution in [2.75, 3.05) is 39.5 Å². The summed E-state index contributed by atoms with van der Waals surface area (Å²) in [7, 11) is 0.845. The summed E-state index contributed by atoms with van der Waals surface area (Å²) in [5, 5.41) is 46.5. The lowest BCUT2D eigenvalue weighted by molar-refractivity contribution is -0.170. The number of aliphatic carboxylic acids is 3. The van der Waals surface area contributed by atoms with Crippen LogP contribution >= 0.6 is 23.2 Å². The maximum Gasteiger partial charge on any atom is 0.336 e. The molecule has 1 fully saturated rings. The minimum atomic E-state index is -2.74. The van der Waals surface area contributed by atoms with Gasteiger partial charge in [-0.25, -0.2) is 4.79 Å². The molecule has 5 rings (SSSR count). The second kappa shape index (κ2) is 20.7. The first-order valence-corrected chi connectivity index (χ1v) is 21.0. The van der Waals surface area contributed by atoms with Gasteiger partial charge < -0.3 is 30.2 Å². The van der Waals surface area contributed by atoms with E-state index in [1.54, 1.807) is 11.2 Å². The predicted octanol–water partition coefficient (Wildman–Crippen LogP) is 7.20. The lowest BCUT2D eigenvalue weighted by Gasteiger charge is -2.34. The molecular weight excluding hydrogens is 805 g/mol. The molecular formula is C43H47Cl2N3O9S. The fourth-order valence-electron chi connectivity index (χ4n) is 7.44. The van der Waals surface area contributed by atoms with Crippen molar-refractivity contribution < 1.29 is 43.8 Å². The van der Waals surface area contributed by atoms with E-state index in [0.717, 1.165) is 65.7 Å². The van der Waals surface area contributed by atoms with Crippen LogP contribution in [0.25, 0.3) is 10.8 Å². The molecule has 0 radical (unpaired) electrons. The fourth-order valence-corrected chi connectivity index (χ4v) is 8.58. The molecule has 1 amide bonds. The number of amides is 1. The van der Waals surface area contributed by atoms with E-state index in [2.05, 4.69) is 17.0 Å². The van der Waals surface area contributed by atoms with Crippen molar-refractivity contribution in [3.05, 3.63) is 111 Å². The van der Waals surface area contributed by atoms with Crippen molar-refractivity contribution in [3.63, 3.8) is 0 Å². The summed E-state index contributed by atoms with van der Waals surface area (Å²) in [6, 6.07) is 25.9. The predicted molar refractivity (Wildman–Crippen MR) is 223 cm³/mol. The van der Waals surface area contributed by atoms with Gasteiger partial charge in [0.15, 0.2) is 5.60 Å². The van der Waals surface area contributed by atoms with Gasteiger partial charge in [0.05, 0.1) is 50.9 Å². The third kappa shape index (κ3) is 11.6. The van der Waals surface area contributed by atoms with Gasteiger partial charge in [-0.3, -0.25) is 18.6 Å². The van der Waals surface area contributed by atoms with Crippen LogP contribution in [-0.2, 0) is 31.6 Å². The van der Waals surface area contributed by atoms with E-state index in [-0.39, 0.29) is 11.8 Å². The fraction of sp³-hybridized carbons (Fsp3) is 0.372. The van der Waals surface area contributed by atoms with Crippen LogP contribution in [0.1, 0.15) is 83.5 Å². The number of carbonyl (C=O) groups is 4. The van der Waals surface area contributed by atoms with Crippen molar-refractivity contribution in [3.8, 4) is 6.07 Å². The van der Waals surface area contributed by atoms with E-state index in [0.29, 0.717) is 40.1 Å². The van der Waals surface area contributed by atoms with Crippen LogP contribution in [0, 0.1) is 11.3 Å². The minimum Gasteiger partial charge on any atom is -0.481 e. The summed E-state index contributed by atoms with van der Waals surface area (Å²) in [4.78, 5) is 49.9. The zero-order valence-electron chi connectivity index (χ0n) is 32.5. The van der Waals surface area contributed by atoms with Crippen LogP contribution < -0.4 is 0 Å². The van der Waals surface area contributed by atoms with Gasteiger partial charge in [-0.15, -0.1) is 0 Å². The molecule has 1 aliphatic rings. The molecule has 12 nitrogen and oxygen atoms in total. The molecule has 4 aromatic rings. The standard InChI is InChI=1S/C37H39Cl2N3O2S.C6H8O7/c1-4-30-29(23-40)21-27-9-5-6-11-32(27)36(30)37(43)41(2)24-28(26-13-14-33(38)34(39)22-26)17-20-42-18-15-25(16-19-42)31-10-7-8-12-35(31)45(3)44;7-3(8)1-6(13,5(11)12)2-4(9)10/h5-14,21-22,25,28H,4,15-20,24H2,1-3H3;13H,1-2H2,(H,7,8)(H,9,10)(H,11,12)/t28?,45-;/m0./s1. The summed E-state index contributed by atoms with van der Waals surface area (Å²) in [5.41, 5.74) is 1.46. The number of carbonyl (C=O) groups excluding carboxylic acids is 1. The zero-order valence-corrected chi connectivity index (χ0v) is 34.8. The number of likely N-dealkylation sites (tertiary alicyclic amines) is 1. The Morgan fingerprint density at radius 1 is 0.948 bits per heavy atom. The number of hydrogen-bond acceptors (Lipinski definition) is 8. The average Bonchev–Trinajstić information content (AvgIpc) is 3.19. The Morgan fingerprint density at radius 3 is 2.14 bits per heavy atom. The summed E-state index contributed by atoms with van der Waals surface area (Å²) in [5.74, 6) is -4.67. The Labute approximate surface area is 350 Å². The zero-order chi connectivity index (χ0) is 42.7. The van der Waals surface area contributed by atoms with Gasteiger partial charge in [0, 0.05) is 30.7 Å². The number of rotatable bonds is 15. The molecule has 4 N–H and O–H groups in total. The van der Waals surface area contributed by atoms with Gasteiger partial charge >= 0.3 is 17.9 Å². The Kier molecular flexibility index (Phi) is 16.4. The molecule has 2 atom stereocenters. The number of aliphatic hydroxyl groups is 1. The smallest absolute Gasteiger partial charge is 0.336 e. The van der Waals surface area contributed by atoms with Crippen LogP contribution in [-0.4, -0.2) is 103 Å². The minimum absolute atomic E-state index is 0.0326. The van der Waals surface area contributed by atoms with Gasteiger partial charge in [-0.2, -0.15) is 5.26 Å². The molecule has 0 aromatic heterocycles.